The molecule has 1 aliphatic rings. The monoisotopic (exact) mass is 247 g/mol. The van der Waals surface area contributed by atoms with Crippen LogP contribution in [0, 0.1) is 5.92 Å². The second kappa shape index (κ2) is 5.85. The van der Waals surface area contributed by atoms with Crippen molar-refractivity contribution in [2.75, 3.05) is 23.3 Å². The lowest BCUT2D eigenvalue weighted by atomic mass is 10.1. The first-order valence-electron chi connectivity index (χ1n) is 6.72. The SMILES string of the molecule is CC[C@@H](C)C(=O)Nc1ccc(N2CCCC2)cn1. The fraction of sp³-hybridized carbons (Fsp3) is 0.571. The summed E-state index contributed by atoms with van der Waals surface area (Å²) < 4.78 is 0. The number of hydrogen-bond donors (Lipinski definition) is 1. The number of amides is 1. The van der Waals surface area contributed by atoms with Gasteiger partial charge in [-0.1, -0.05) is 13.8 Å². The highest BCUT2D eigenvalue weighted by Gasteiger charge is 2.14. The van der Waals surface area contributed by atoms with Crippen LogP contribution in [-0.2, 0) is 4.79 Å². The predicted octanol–water partition coefficient (Wildman–Crippen LogP) is 2.67. The average molecular weight is 247 g/mol. The summed E-state index contributed by atoms with van der Waals surface area (Å²) in [6.45, 7) is 6.16. The lowest BCUT2D eigenvalue weighted by Gasteiger charge is -2.17. The predicted molar refractivity (Wildman–Crippen MR) is 73.8 cm³/mol. The van der Waals surface area contributed by atoms with Crippen LogP contribution in [0.2, 0.25) is 0 Å². The zero-order chi connectivity index (χ0) is 13.0. The summed E-state index contributed by atoms with van der Waals surface area (Å²) in [7, 11) is 0. The summed E-state index contributed by atoms with van der Waals surface area (Å²) in [6.07, 6.45) is 5.20. The minimum Gasteiger partial charge on any atom is -0.370 e. The van der Waals surface area contributed by atoms with E-state index in [4.69, 9.17) is 0 Å². The molecule has 1 saturated heterocycles. The van der Waals surface area contributed by atoms with Gasteiger partial charge in [0.05, 0.1) is 11.9 Å². The Balaban J connectivity index is 1.97. The van der Waals surface area contributed by atoms with Crippen molar-refractivity contribution in [1.82, 2.24) is 4.98 Å². The first-order valence-corrected chi connectivity index (χ1v) is 6.72. The van der Waals surface area contributed by atoms with Gasteiger partial charge in [0.25, 0.3) is 0 Å². The minimum absolute atomic E-state index is 0.0325. The third kappa shape index (κ3) is 3.00. The first-order chi connectivity index (χ1) is 8.70. The lowest BCUT2D eigenvalue weighted by molar-refractivity contribution is -0.119. The molecule has 1 fully saturated rings. The molecule has 0 radical (unpaired) electrons. The average Bonchev–Trinajstić information content (AvgIpc) is 2.92. The van der Waals surface area contributed by atoms with Gasteiger partial charge in [0.1, 0.15) is 5.82 Å². The number of pyridine rings is 1. The fourth-order valence-corrected chi connectivity index (χ4v) is 2.06. The maximum Gasteiger partial charge on any atom is 0.228 e. The van der Waals surface area contributed by atoms with Gasteiger partial charge in [-0.25, -0.2) is 4.98 Å². The van der Waals surface area contributed by atoms with Crippen LogP contribution >= 0.6 is 0 Å². The Morgan fingerprint density at radius 2 is 2.17 bits per heavy atom. The van der Waals surface area contributed by atoms with Crippen molar-refractivity contribution in [3.8, 4) is 0 Å². The van der Waals surface area contributed by atoms with E-state index in [1.54, 1.807) is 0 Å². The number of hydrogen-bond acceptors (Lipinski definition) is 3. The van der Waals surface area contributed by atoms with Crippen LogP contribution in [0.25, 0.3) is 0 Å². The molecular formula is C14H21N3O. The molecule has 1 aromatic rings. The highest BCUT2D eigenvalue weighted by atomic mass is 16.1. The van der Waals surface area contributed by atoms with Gasteiger partial charge in [-0.3, -0.25) is 4.79 Å². The lowest BCUT2D eigenvalue weighted by Crippen LogP contribution is -2.21. The Morgan fingerprint density at radius 1 is 1.44 bits per heavy atom. The van der Waals surface area contributed by atoms with Crippen LogP contribution in [0.1, 0.15) is 33.1 Å². The van der Waals surface area contributed by atoms with Crippen LogP contribution in [0.4, 0.5) is 11.5 Å². The molecule has 1 aromatic heterocycles. The van der Waals surface area contributed by atoms with Crippen molar-refractivity contribution in [2.24, 2.45) is 5.92 Å². The first kappa shape index (κ1) is 12.9. The molecule has 0 unspecified atom stereocenters. The molecule has 1 atom stereocenters. The largest absolute Gasteiger partial charge is 0.370 e. The third-order valence-electron chi connectivity index (χ3n) is 3.53. The fourth-order valence-electron chi connectivity index (χ4n) is 2.06. The van der Waals surface area contributed by atoms with Gasteiger partial charge in [-0.15, -0.1) is 0 Å². The van der Waals surface area contributed by atoms with E-state index in [0.29, 0.717) is 5.82 Å². The molecule has 18 heavy (non-hydrogen) atoms. The standard InChI is InChI=1S/C14H21N3O/c1-3-11(2)14(18)16-13-7-6-12(10-15-13)17-8-4-5-9-17/h6-7,10-11H,3-5,8-9H2,1-2H3,(H,15,16,18)/t11-/m1/s1. The van der Waals surface area contributed by atoms with Crippen LogP contribution < -0.4 is 10.2 Å². The van der Waals surface area contributed by atoms with E-state index in [1.807, 2.05) is 32.2 Å². The zero-order valence-corrected chi connectivity index (χ0v) is 11.1. The molecule has 98 valence electrons. The van der Waals surface area contributed by atoms with E-state index in [0.717, 1.165) is 25.2 Å². The number of rotatable bonds is 4. The summed E-state index contributed by atoms with van der Waals surface area (Å²) in [5.41, 5.74) is 1.15. The number of carbonyl (C=O) groups is 1. The van der Waals surface area contributed by atoms with Gasteiger partial charge >= 0.3 is 0 Å². The summed E-state index contributed by atoms with van der Waals surface area (Å²) in [6, 6.07) is 3.92. The maximum absolute atomic E-state index is 11.7. The van der Waals surface area contributed by atoms with Crippen molar-refractivity contribution >= 4 is 17.4 Å². The van der Waals surface area contributed by atoms with Crippen molar-refractivity contribution in [3.63, 3.8) is 0 Å². The molecule has 4 nitrogen and oxygen atoms in total. The molecule has 1 aliphatic heterocycles. The van der Waals surface area contributed by atoms with Crippen LogP contribution in [0.3, 0.4) is 0 Å². The van der Waals surface area contributed by atoms with Gasteiger partial charge in [0.2, 0.25) is 5.91 Å². The van der Waals surface area contributed by atoms with E-state index < -0.39 is 0 Å². The summed E-state index contributed by atoms with van der Waals surface area (Å²) in [5.74, 6) is 0.715. The topological polar surface area (TPSA) is 45.2 Å². The number of anilines is 2. The third-order valence-corrected chi connectivity index (χ3v) is 3.53. The van der Waals surface area contributed by atoms with Gasteiger partial charge in [-0.2, -0.15) is 0 Å². The van der Waals surface area contributed by atoms with Crippen molar-refractivity contribution in [1.29, 1.82) is 0 Å². The molecule has 0 aromatic carbocycles. The Kier molecular flexibility index (Phi) is 4.18. The maximum atomic E-state index is 11.7. The quantitative estimate of drug-likeness (QED) is 0.889. The van der Waals surface area contributed by atoms with E-state index in [1.165, 1.54) is 12.8 Å². The molecule has 2 heterocycles. The van der Waals surface area contributed by atoms with Gasteiger partial charge in [0.15, 0.2) is 0 Å². The normalized spacial score (nSPS) is 16.7. The highest BCUT2D eigenvalue weighted by Crippen LogP contribution is 2.20. The van der Waals surface area contributed by atoms with Crippen LogP contribution in [0.15, 0.2) is 18.3 Å². The molecule has 0 bridgehead atoms. The van der Waals surface area contributed by atoms with Crippen molar-refractivity contribution in [3.05, 3.63) is 18.3 Å². The summed E-state index contributed by atoms with van der Waals surface area (Å²) in [4.78, 5) is 18.4. The van der Waals surface area contributed by atoms with E-state index in [2.05, 4.69) is 15.2 Å². The highest BCUT2D eigenvalue weighted by molar-refractivity contribution is 5.91. The zero-order valence-electron chi connectivity index (χ0n) is 11.1. The molecular weight excluding hydrogens is 226 g/mol. The molecule has 0 saturated carbocycles. The Bertz CT molecular complexity index is 396. The van der Waals surface area contributed by atoms with Gasteiger partial charge < -0.3 is 10.2 Å². The van der Waals surface area contributed by atoms with Gasteiger partial charge in [0, 0.05) is 19.0 Å². The number of nitrogens with zero attached hydrogens (tertiary/aromatic N) is 2. The minimum atomic E-state index is 0.0325. The van der Waals surface area contributed by atoms with Crippen molar-refractivity contribution in [2.45, 2.75) is 33.1 Å². The number of nitrogens with one attached hydrogen (secondary N) is 1. The second-order valence-electron chi connectivity index (χ2n) is 4.89. The summed E-state index contributed by atoms with van der Waals surface area (Å²) in [5, 5.41) is 2.84. The Hall–Kier alpha value is -1.58. The van der Waals surface area contributed by atoms with E-state index in [9.17, 15) is 4.79 Å². The van der Waals surface area contributed by atoms with E-state index >= 15 is 0 Å². The molecule has 2 rings (SSSR count). The smallest absolute Gasteiger partial charge is 0.228 e. The van der Waals surface area contributed by atoms with E-state index in [-0.39, 0.29) is 11.8 Å². The molecule has 0 spiro atoms. The van der Waals surface area contributed by atoms with Crippen LogP contribution in [-0.4, -0.2) is 24.0 Å². The molecule has 1 N–H and O–H groups in total. The number of aromatic nitrogens is 1. The Labute approximate surface area is 108 Å². The van der Waals surface area contributed by atoms with Crippen molar-refractivity contribution < 1.29 is 4.79 Å². The summed E-state index contributed by atoms with van der Waals surface area (Å²) >= 11 is 0. The molecule has 1 amide bonds. The second-order valence-corrected chi connectivity index (χ2v) is 4.89. The molecule has 4 heteroatoms. The molecule has 0 aliphatic carbocycles. The number of carbonyl (C=O) groups excluding carboxylic acids is 1. The van der Waals surface area contributed by atoms with Gasteiger partial charge in [-0.05, 0) is 31.4 Å². The Morgan fingerprint density at radius 3 is 2.72 bits per heavy atom. The van der Waals surface area contributed by atoms with Crippen LogP contribution in [0.5, 0.6) is 0 Å².